The Balaban J connectivity index is 2.25. The maximum absolute atomic E-state index is 12.7. The first-order valence-corrected chi connectivity index (χ1v) is 8.65. The van der Waals surface area contributed by atoms with E-state index < -0.39 is 11.4 Å². The van der Waals surface area contributed by atoms with Gasteiger partial charge in [-0.15, -0.1) is 0 Å². The highest BCUT2D eigenvalue weighted by molar-refractivity contribution is 6.30. The molecule has 6 nitrogen and oxygen atoms in total. The predicted octanol–water partition coefficient (Wildman–Crippen LogP) is 2.94. The van der Waals surface area contributed by atoms with E-state index >= 15 is 0 Å². The molecule has 0 unspecified atom stereocenters. The van der Waals surface area contributed by atoms with E-state index in [1.807, 2.05) is 18.2 Å². The molecule has 0 saturated heterocycles. The van der Waals surface area contributed by atoms with Crippen LogP contribution in [0.1, 0.15) is 21.5 Å². The van der Waals surface area contributed by atoms with Crippen LogP contribution in [0.15, 0.2) is 47.4 Å². The van der Waals surface area contributed by atoms with E-state index in [0.717, 1.165) is 11.1 Å². The van der Waals surface area contributed by atoms with Crippen LogP contribution in [-0.2, 0) is 13.0 Å². The molecular weight excluding hydrogens is 370 g/mol. The molecule has 2 aromatic carbocycles. The summed E-state index contributed by atoms with van der Waals surface area (Å²) in [5.41, 5.74) is 1.26. The highest BCUT2D eigenvalue weighted by Gasteiger charge is 2.18. The van der Waals surface area contributed by atoms with Gasteiger partial charge in [-0.05, 0) is 41.8 Å². The molecule has 3 rings (SSSR count). The maximum Gasteiger partial charge on any atom is 0.341 e. The first-order valence-electron chi connectivity index (χ1n) is 8.27. The highest BCUT2D eigenvalue weighted by atomic mass is 35.5. The van der Waals surface area contributed by atoms with Gasteiger partial charge in [0.25, 0.3) is 0 Å². The van der Waals surface area contributed by atoms with Crippen LogP contribution in [0, 0.1) is 0 Å². The first kappa shape index (κ1) is 18.9. The number of carboxylic acid groups (broad SMARTS) is 1. The van der Waals surface area contributed by atoms with E-state index in [-0.39, 0.29) is 24.1 Å². The molecule has 0 amide bonds. The zero-order chi connectivity index (χ0) is 19.6. The van der Waals surface area contributed by atoms with Gasteiger partial charge in [-0.25, -0.2) is 4.79 Å². The molecule has 0 aliphatic carbocycles. The minimum Gasteiger partial charge on any atom is -0.495 e. The fourth-order valence-electron chi connectivity index (χ4n) is 3.14. The SMILES string of the molecule is COc1cc(Cc2cccc(Cl)c2)cc2c(=O)c(C(=O)O)cn(CCO)c12. The standard InChI is InChI=1S/C20H18ClNO5/c1-27-17-10-13(7-12-3-2-4-14(21)8-12)9-15-18(17)22(5-6-23)11-16(19(15)24)20(25)26/h2-4,8-11,23H,5-7H2,1H3,(H,25,26). The van der Waals surface area contributed by atoms with Crippen LogP contribution in [-0.4, -0.2) is 34.5 Å². The number of aliphatic hydroxyl groups is 1. The second-order valence-corrected chi connectivity index (χ2v) is 6.53. The maximum atomic E-state index is 12.7. The zero-order valence-corrected chi connectivity index (χ0v) is 15.4. The fraction of sp³-hybridized carbons (Fsp3) is 0.200. The lowest BCUT2D eigenvalue weighted by Gasteiger charge is -2.16. The lowest BCUT2D eigenvalue weighted by atomic mass is 10.0. The van der Waals surface area contributed by atoms with Crippen LogP contribution in [0.3, 0.4) is 0 Å². The number of rotatable bonds is 6. The Morgan fingerprint density at radius 3 is 2.63 bits per heavy atom. The minimum atomic E-state index is -1.31. The first-order chi connectivity index (χ1) is 12.9. The molecule has 0 spiro atoms. The molecule has 0 fully saturated rings. The number of benzene rings is 2. The third-order valence-electron chi connectivity index (χ3n) is 4.28. The molecule has 7 heteroatoms. The largest absolute Gasteiger partial charge is 0.495 e. The molecule has 0 bridgehead atoms. The second-order valence-electron chi connectivity index (χ2n) is 6.09. The number of aromatic carboxylic acids is 1. The average molecular weight is 388 g/mol. The number of ether oxygens (including phenoxy) is 1. The number of aliphatic hydroxyl groups excluding tert-OH is 1. The fourth-order valence-corrected chi connectivity index (χ4v) is 3.35. The molecule has 0 aliphatic heterocycles. The van der Waals surface area contributed by atoms with Crippen molar-refractivity contribution in [3.63, 3.8) is 0 Å². The van der Waals surface area contributed by atoms with Crippen molar-refractivity contribution in [1.29, 1.82) is 0 Å². The Morgan fingerprint density at radius 2 is 2.00 bits per heavy atom. The summed E-state index contributed by atoms with van der Waals surface area (Å²) >= 11 is 6.03. The monoisotopic (exact) mass is 387 g/mol. The second kappa shape index (κ2) is 7.82. The van der Waals surface area contributed by atoms with Crippen molar-refractivity contribution < 1.29 is 19.7 Å². The van der Waals surface area contributed by atoms with Gasteiger partial charge >= 0.3 is 5.97 Å². The number of carbonyl (C=O) groups is 1. The number of nitrogens with zero attached hydrogens (tertiary/aromatic N) is 1. The van der Waals surface area contributed by atoms with Gasteiger partial charge in [0, 0.05) is 17.8 Å². The number of pyridine rings is 1. The van der Waals surface area contributed by atoms with E-state index in [2.05, 4.69) is 0 Å². The van der Waals surface area contributed by atoms with Crippen molar-refractivity contribution in [1.82, 2.24) is 4.57 Å². The van der Waals surface area contributed by atoms with Gasteiger partial charge in [0.1, 0.15) is 11.3 Å². The number of hydrogen-bond donors (Lipinski definition) is 2. The van der Waals surface area contributed by atoms with Crippen LogP contribution >= 0.6 is 11.6 Å². The van der Waals surface area contributed by atoms with Crippen molar-refractivity contribution in [2.75, 3.05) is 13.7 Å². The highest BCUT2D eigenvalue weighted by Crippen LogP contribution is 2.28. The smallest absolute Gasteiger partial charge is 0.341 e. The molecule has 0 saturated carbocycles. The van der Waals surface area contributed by atoms with Crippen molar-refractivity contribution in [3.05, 3.63) is 74.5 Å². The molecular formula is C20H18ClNO5. The molecule has 2 N–H and O–H groups in total. The zero-order valence-electron chi connectivity index (χ0n) is 14.6. The van der Waals surface area contributed by atoms with E-state index in [1.165, 1.54) is 17.9 Å². The number of methoxy groups -OCH3 is 1. The Morgan fingerprint density at radius 1 is 1.22 bits per heavy atom. The summed E-state index contributed by atoms with van der Waals surface area (Å²) in [5, 5.41) is 19.5. The van der Waals surface area contributed by atoms with E-state index in [9.17, 15) is 19.8 Å². The lowest BCUT2D eigenvalue weighted by molar-refractivity contribution is 0.0694. The van der Waals surface area contributed by atoms with Crippen molar-refractivity contribution in [3.8, 4) is 5.75 Å². The molecule has 1 heterocycles. The molecule has 0 aliphatic rings. The summed E-state index contributed by atoms with van der Waals surface area (Å²) in [6, 6.07) is 10.8. The quantitative estimate of drug-likeness (QED) is 0.678. The van der Waals surface area contributed by atoms with Gasteiger partial charge in [0.15, 0.2) is 0 Å². The van der Waals surface area contributed by atoms with Crippen LogP contribution in [0.5, 0.6) is 5.75 Å². The van der Waals surface area contributed by atoms with Crippen LogP contribution < -0.4 is 10.2 Å². The Bertz CT molecular complexity index is 1070. The molecule has 3 aromatic rings. The van der Waals surface area contributed by atoms with Crippen molar-refractivity contribution in [2.24, 2.45) is 0 Å². The lowest BCUT2D eigenvalue weighted by Crippen LogP contribution is -2.20. The third kappa shape index (κ3) is 3.82. The van der Waals surface area contributed by atoms with Gasteiger partial charge in [-0.1, -0.05) is 23.7 Å². The summed E-state index contributed by atoms with van der Waals surface area (Å²) in [4.78, 5) is 24.2. The van der Waals surface area contributed by atoms with Gasteiger partial charge in [0.2, 0.25) is 5.43 Å². The summed E-state index contributed by atoms with van der Waals surface area (Å²) in [6.45, 7) is -0.0640. The Labute approximate surface area is 160 Å². The summed E-state index contributed by atoms with van der Waals surface area (Å²) < 4.78 is 6.99. The van der Waals surface area contributed by atoms with Gasteiger partial charge in [-0.2, -0.15) is 0 Å². The van der Waals surface area contributed by atoms with Gasteiger partial charge < -0.3 is 19.5 Å². The average Bonchev–Trinajstić information content (AvgIpc) is 2.63. The number of aromatic nitrogens is 1. The summed E-state index contributed by atoms with van der Waals surface area (Å²) in [7, 11) is 1.48. The normalized spacial score (nSPS) is 10.9. The van der Waals surface area contributed by atoms with Gasteiger partial charge in [-0.3, -0.25) is 4.79 Å². The van der Waals surface area contributed by atoms with Crippen molar-refractivity contribution in [2.45, 2.75) is 13.0 Å². The number of halogens is 1. The number of hydrogen-bond acceptors (Lipinski definition) is 4. The Kier molecular flexibility index (Phi) is 5.48. The Hall–Kier alpha value is -2.83. The number of carboxylic acids is 1. The minimum absolute atomic E-state index is 0.140. The van der Waals surface area contributed by atoms with E-state index in [1.54, 1.807) is 18.2 Å². The molecule has 140 valence electrons. The third-order valence-corrected chi connectivity index (χ3v) is 4.52. The van der Waals surface area contributed by atoms with E-state index in [0.29, 0.717) is 22.7 Å². The van der Waals surface area contributed by atoms with E-state index in [4.69, 9.17) is 16.3 Å². The molecule has 0 radical (unpaired) electrons. The topological polar surface area (TPSA) is 88.8 Å². The molecule has 1 aromatic heterocycles. The summed E-state index contributed by atoms with van der Waals surface area (Å²) in [5.74, 6) is -0.875. The van der Waals surface area contributed by atoms with Crippen LogP contribution in [0.25, 0.3) is 10.9 Å². The van der Waals surface area contributed by atoms with Gasteiger partial charge in [0.05, 0.1) is 24.6 Å². The van der Waals surface area contributed by atoms with Crippen molar-refractivity contribution >= 4 is 28.5 Å². The molecule has 27 heavy (non-hydrogen) atoms. The predicted molar refractivity (Wildman–Crippen MR) is 103 cm³/mol. The van der Waals surface area contributed by atoms with Crippen LogP contribution in [0.4, 0.5) is 0 Å². The molecule has 0 atom stereocenters. The van der Waals surface area contributed by atoms with Crippen LogP contribution in [0.2, 0.25) is 5.02 Å². The summed E-state index contributed by atoms with van der Waals surface area (Å²) in [6.07, 6.45) is 1.74. The number of fused-ring (bicyclic) bond motifs is 1.